The van der Waals surface area contributed by atoms with Gasteiger partial charge >= 0.3 is 0 Å². The van der Waals surface area contributed by atoms with Gasteiger partial charge in [-0.05, 0) is 26.0 Å². The molecule has 0 radical (unpaired) electrons. The van der Waals surface area contributed by atoms with Crippen molar-refractivity contribution >= 4 is 17.7 Å². The summed E-state index contributed by atoms with van der Waals surface area (Å²) in [5.41, 5.74) is 1.82. The van der Waals surface area contributed by atoms with Crippen LogP contribution in [-0.2, 0) is 0 Å². The molecule has 0 unspecified atom stereocenters. The van der Waals surface area contributed by atoms with Gasteiger partial charge in [0.05, 0.1) is 5.56 Å². The van der Waals surface area contributed by atoms with Crippen LogP contribution in [0.15, 0.2) is 39.8 Å². The third-order valence-electron chi connectivity index (χ3n) is 2.70. The number of nitrogens with zero attached hydrogens (tertiary/aromatic N) is 1. The molecule has 1 aromatic carbocycles. The van der Waals surface area contributed by atoms with E-state index in [9.17, 15) is 4.79 Å². The lowest BCUT2D eigenvalue weighted by molar-refractivity contribution is 0.0833. The molecule has 2 rings (SSSR count). The molecule has 0 saturated carbocycles. The normalized spacial score (nSPS) is 16.5. The second kappa shape index (κ2) is 3.74. The number of benzene rings is 1. The van der Waals surface area contributed by atoms with E-state index in [-0.39, 0.29) is 5.91 Å². The average molecular weight is 219 g/mol. The first-order valence-electron chi connectivity index (χ1n) is 4.83. The number of allylic oxidation sites excluding steroid dienone is 2. The Kier molecular flexibility index (Phi) is 2.57. The third-order valence-corrected chi connectivity index (χ3v) is 3.88. The molecule has 1 heterocycles. The first kappa shape index (κ1) is 10.3. The highest BCUT2D eigenvalue weighted by Crippen LogP contribution is 2.35. The molecule has 1 aliphatic rings. The molecule has 0 N–H and O–H groups in total. The van der Waals surface area contributed by atoms with E-state index in [1.54, 1.807) is 16.7 Å². The molecule has 0 atom stereocenters. The fourth-order valence-corrected chi connectivity index (χ4v) is 2.57. The zero-order valence-corrected chi connectivity index (χ0v) is 9.89. The van der Waals surface area contributed by atoms with E-state index < -0.39 is 0 Å². The molecule has 2 nitrogen and oxygen atoms in total. The summed E-state index contributed by atoms with van der Waals surface area (Å²) in [6, 6.07) is 7.75. The summed E-state index contributed by atoms with van der Waals surface area (Å²) in [6.07, 6.45) is 0. The van der Waals surface area contributed by atoms with Gasteiger partial charge in [0, 0.05) is 22.5 Å². The van der Waals surface area contributed by atoms with Crippen molar-refractivity contribution in [3.05, 3.63) is 40.4 Å². The Bertz CT molecular complexity index is 451. The van der Waals surface area contributed by atoms with E-state index in [0.29, 0.717) is 0 Å². The quantitative estimate of drug-likeness (QED) is 0.668. The number of fused-ring (bicyclic) bond motifs is 1. The Balaban J connectivity index is 2.59. The fourth-order valence-electron chi connectivity index (χ4n) is 1.54. The summed E-state index contributed by atoms with van der Waals surface area (Å²) < 4.78 is 0. The largest absolute Gasteiger partial charge is 0.315 e. The topological polar surface area (TPSA) is 20.3 Å². The number of rotatable bonds is 0. The van der Waals surface area contributed by atoms with Crippen LogP contribution in [0.3, 0.4) is 0 Å². The van der Waals surface area contributed by atoms with E-state index >= 15 is 0 Å². The van der Waals surface area contributed by atoms with Crippen molar-refractivity contribution < 1.29 is 4.79 Å². The number of carbonyl (C=O) groups excluding carboxylic acids is 1. The Labute approximate surface area is 94.0 Å². The van der Waals surface area contributed by atoms with E-state index in [1.807, 2.05) is 45.2 Å². The van der Waals surface area contributed by atoms with Crippen molar-refractivity contribution in [1.82, 2.24) is 4.90 Å². The molecule has 0 bridgehead atoms. The highest BCUT2D eigenvalue weighted by atomic mass is 32.2. The smallest absolute Gasteiger partial charge is 0.258 e. The molecule has 0 fully saturated rings. The van der Waals surface area contributed by atoms with Gasteiger partial charge < -0.3 is 4.90 Å². The maximum absolute atomic E-state index is 12.1. The van der Waals surface area contributed by atoms with Crippen LogP contribution >= 0.6 is 11.8 Å². The Morgan fingerprint density at radius 3 is 2.60 bits per heavy atom. The lowest BCUT2D eigenvalue weighted by atomic mass is 10.2. The van der Waals surface area contributed by atoms with Gasteiger partial charge in [0.15, 0.2) is 0 Å². The zero-order chi connectivity index (χ0) is 11.0. The predicted octanol–water partition coefficient (Wildman–Crippen LogP) is 3.12. The van der Waals surface area contributed by atoms with Gasteiger partial charge in [-0.3, -0.25) is 4.79 Å². The maximum Gasteiger partial charge on any atom is 0.258 e. The van der Waals surface area contributed by atoms with Gasteiger partial charge in [-0.1, -0.05) is 23.9 Å². The lowest BCUT2D eigenvalue weighted by Crippen LogP contribution is -2.24. The first-order valence-corrected chi connectivity index (χ1v) is 5.65. The van der Waals surface area contributed by atoms with Crippen LogP contribution in [0.1, 0.15) is 24.2 Å². The molecular weight excluding hydrogens is 206 g/mol. The second-order valence-electron chi connectivity index (χ2n) is 3.60. The van der Waals surface area contributed by atoms with Gasteiger partial charge in [0.1, 0.15) is 0 Å². The van der Waals surface area contributed by atoms with Crippen LogP contribution in [-0.4, -0.2) is 17.9 Å². The summed E-state index contributed by atoms with van der Waals surface area (Å²) in [6.45, 7) is 4.03. The summed E-state index contributed by atoms with van der Waals surface area (Å²) in [5.74, 6) is 0.0763. The Hall–Kier alpha value is -1.22. The minimum atomic E-state index is 0.0763. The van der Waals surface area contributed by atoms with E-state index in [2.05, 4.69) is 0 Å². The second-order valence-corrected chi connectivity index (χ2v) is 4.86. The van der Waals surface area contributed by atoms with Gasteiger partial charge in [-0.25, -0.2) is 0 Å². The molecule has 1 aliphatic heterocycles. The van der Waals surface area contributed by atoms with Crippen molar-refractivity contribution in [1.29, 1.82) is 0 Å². The molecule has 0 aromatic heterocycles. The molecule has 15 heavy (non-hydrogen) atoms. The highest BCUT2D eigenvalue weighted by Gasteiger charge is 2.22. The number of hydrogen-bond donors (Lipinski definition) is 0. The molecule has 1 amide bonds. The standard InChI is InChI=1S/C12H13NOS/c1-8-9(2)15-11-7-5-4-6-10(11)12(14)13(8)3/h4-7H,1-3H3. The molecular formula is C12H13NOS. The minimum Gasteiger partial charge on any atom is -0.315 e. The summed E-state index contributed by atoms with van der Waals surface area (Å²) in [7, 11) is 1.82. The van der Waals surface area contributed by atoms with Crippen molar-refractivity contribution in [3.63, 3.8) is 0 Å². The highest BCUT2D eigenvalue weighted by molar-refractivity contribution is 8.03. The Morgan fingerprint density at radius 1 is 1.20 bits per heavy atom. The first-order chi connectivity index (χ1) is 7.11. The van der Waals surface area contributed by atoms with Crippen LogP contribution < -0.4 is 0 Å². The third kappa shape index (κ3) is 1.67. The molecule has 1 aromatic rings. The van der Waals surface area contributed by atoms with Crippen LogP contribution in [0.5, 0.6) is 0 Å². The van der Waals surface area contributed by atoms with Crippen LogP contribution in [0.25, 0.3) is 0 Å². The summed E-state index contributed by atoms with van der Waals surface area (Å²) >= 11 is 1.67. The number of amides is 1. The van der Waals surface area contributed by atoms with E-state index in [4.69, 9.17) is 0 Å². The van der Waals surface area contributed by atoms with E-state index in [0.717, 1.165) is 16.2 Å². The van der Waals surface area contributed by atoms with Crippen LogP contribution in [0, 0.1) is 0 Å². The fraction of sp³-hybridized carbons (Fsp3) is 0.250. The molecule has 0 spiro atoms. The summed E-state index contributed by atoms with van der Waals surface area (Å²) in [4.78, 5) is 16.0. The molecule has 0 aliphatic carbocycles. The number of hydrogen-bond acceptors (Lipinski definition) is 2. The van der Waals surface area contributed by atoms with Gasteiger partial charge in [-0.2, -0.15) is 0 Å². The summed E-state index contributed by atoms with van der Waals surface area (Å²) in [5, 5.41) is 0. The molecule has 3 heteroatoms. The number of carbonyl (C=O) groups is 1. The van der Waals surface area contributed by atoms with Crippen LogP contribution in [0.2, 0.25) is 0 Å². The van der Waals surface area contributed by atoms with Crippen LogP contribution in [0.4, 0.5) is 0 Å². The molecule has 78 valence electrons. The van der Waals surface area contributed by atoms with Crippen molar-refractivity contribution in [2.45, 2.75) is 18.7 Å². The average Bonchev–Trinajstić information content (AvgIpc) is 2.32. The van der Waals surface area contributed by atoms with Crippen molar-refractivity contribution in [2.75, 3.05) is 7.05 Å². The number of thioether (sulfide) groups is 1. The maximum atomic E-state index is 12.1. The van der Waals surface area contributed by atoms with Gasteiger partial charge in [-0.15, -0.1) is 0 Å². The SMILES string of the molecule is CC1=C(C)N(C)C(=O)c2ccccc2S1. The van der Waals surface area contributed by atoms with Gasteiger partial charge in [0.2, 0.25) is 0 Å². The van der Waals surface area contributed by atoms with Gasteiger partial charge in [0.25, 0.3) is 5.91 Å². The van der Waals surface area contributed by atoms with Crippen molar-refractivity contribution in [3.8, 4) is 0 Å². The Morgan fingerprint density at radius 2 is 1.87 bits per heavy atom. The monoisotopic (exact) mass is 219 g/mol. The minimum absolute atomic E-state index is 0.0763. The zero-order valence-electron chi connectivity index (χ0n) is 9.07. The van der Waals surface area contributed by atoms with E-state index in [1.165, 1.54) is 4.91 Å². The lowest BCUT2D eigenvalue weighted by Gasteiger charge is -2.16. The van der Waals surface area contributed by atoms with Crippen molar-refractivity contribution in [2.24, 2.45) is 0 Å². The predicted molar refractivity (Wildman–Crippen MR) is 62.8 cm³/mol. The molecule has 0 saturated heterocycles.